The summed E-state index contributed by atoms with van der Waals surface area (Å²) in [6.45, 7) is 0. The van der Waals surface area contributed by atoms with Gasteiger partial charge in [0, 0.05) is 23.3 Å². The van der Waals surface area contributed by atoms with Crippen LogP contribution in [0.15, 0.2) is 108 Å². The first-order valence-electron chi connectivity index (χ1n) is 12.9. The Hall–Kier alpha value is -4.44. The fourth-order valence-electron chi connectivity index (χ4n) is 8.52. The number of ether oxygens (including phenoxy) is 1. The van der Waals surface area contributed by atoms with Gasteiger partial charge in [-0.1, -0.05) is 97.1 Å². The molecule has 4 aromatic rings. The smallest absolute Gasteiger partial charge is 0.199 e. The Morgan fingerprint density at radius 3 is 1.38 bits per heavy atom. The lowest BCUT2D eigenvalue weighted by Gasteiger charge is -2.50. The minimum atomic E-state index is -1.03. The van der Waals surface area contributed by atoms with Gasteiger partial charge in [-0.05, 0) is 50.1 Å². The molecule has 0 saturated carbocycles. The highest BCUT2D eigenvalue weighted by Crippen LogP contribution is 2.78. The lowest BCUT2D eigenvalue weighted by molar-refractivity contribution is 0.286. The SMILES string of the molecule is N#CC1=C([C@@]23O[C@]2(C#N)C2c4ccccc4C3c3ccccc32)C2c3ccccc3C1c1ccccc12. The molecule has 1 saturated heterocycles. The van der Waals surface area contributed by atoms with Gasteiger partial charge in [0.15, 0.2) is 5.60 Å². The van der Waals surface area contributed by atoms with E-state index in [1.807, 2.05) is 0 Å². The summed E-state index contributed by atoms with van der Waals surface area (Å²) in [6, 6.07) is 39.4. The first kappa shape index (κ1) is 19.7. The number of hydrogen-bond acceptors (Lipinski definition) is 3. The van der Waals surface area contributed by atoms with Gasteiger partial charge < -0.3 is 4.74 Å². The molecule has 0 unspecified atom stereocenters. The normalized spacial score (nSPS) is 32.3. The largest absolute Gasteiger partial charge is 0.339 e. The number of hydrogen-bond donors (Lipinski definition) is 0. The van der Waals surface area contributed by atoms with Crippen molar-refractivity contribution in [3.05, 3.63) is 153 Å². The highest BCUT2D eigenvalue weighted by atomic mass is 16.6. The fourth-order valence-corrected chi connectivity index (χ4v) is 8.52. The van der Waals surface area contributed by atoms with E-state index in [1.165, 1.54) is 44.5 Å². The van der Waals surface area contributed by atoms with Crippen LogP contribution >= 0.6 is 0 Å². The van der Waals surface area contributed by atoms with Gasteiger partial charge in [-0.25, -0.2) is 0 Å². The molecule has 1 aliphatic heterocycles. The third-order valence-corrected chi connectivity index (χ3v) is 9.67. The molecule has 6 aliphatic carbocycles. The molecule has 172 valence electrons. The lowest BCUT2D eigenvalue weighted by atomic mass is 9.48. The maximum Gasteiger partial charge on any atom is 0.199 e. The maximum atomic E-state index is 10.9. The molecule has 0 N–H and O–H groups in total. The summed E-state index contributed by atoms with van der Waals surface area (Å²) < 4.78 is 6.94. The van der Waals surface area contributed by atoms with E-state index in [1.54, 1.807) is 0 Å². The van der Waals surface area contributed by atoms with E-state index in [9.17, 15) is 10.5 Å². The van der Waals surface area contributed by atoms with Crippen molar-refractivity contribution >= 4 is 0 Å². The molecule has 3 heteroatoms. The third kappa shape index (κ3) is 1.93. The van der Waals surface area contributed by atoms with Crippen molar-refractivity contribution in [2.45, 2.75) is 34.9 Å². The molecule has 4 aromatic carbocycles. The predicted molar refractivity (Wildman–Crippen MR) is 138 cm³/mol. The van der Waals surface area contributed by atoms with Crippen molar-refractivity contribution in [2.75, 3.05) is 0 Å². The van der Waals surface area contributed by atoms with Gasteiger partial charge in [0.1, 0.15) is 11.7 Å². The van der Waals surface area contributed by atoms with Crippen LogP contribution in [0.5, 0.6) is 0 Å². The Labute approximate surface area is 214 Å². The van der Waals surface area contributed by atoms with Crippen molar-refractivity contribution in [2.24, 2.45) is 0 Å². The zero-order valence-corrected chi connectivity index (χ0v) is 19.8. The number of epoxide rings is 1. The van der Waals surface area contributed by atoms with E-state index in [2.05, 4.69) is 109 Å². The second-order valence-electron chi connectivity index (χ2n) is 10.9. The van der Waals surface area contributed by atoms with Gasteiger partial charge in [-0.3, -0.25) is 0 Å². The van der Waals surface area contributed by atoms with Crippen molar-refractivity contribution in [3.63, 3.8) is 0 Å². The van der Waals surface area contributed by atoms with Crippen LogP contribution in [0, 0.1) is 22.7 Å². The molecule has 1 fully saturated rings. The minimum Gasteiger partial charge on any atom is -0.339 e. The molecule has 37 heavy (non-hydrogen) atoms. The van der Waals surface area contributed by atoms with Crippen LogP contribution < -0.4 is 0 Å². The van der Waals surface area contributed by atoms with Crippen LogP contribution in [0.2, 0.25) is 0 Å². The van der Waals surface area contributed by atoms with Gasteiger partial charge in [-0.2, -0.15) is 10.5 Å². The van der Waals surface area contributed by atoms with E-state index < -0.39 is 11.2 Å². The average molecular weight is 473 g/mol. The number of rotatable bonds is 1. The van der Waals surface area contributed by atoms with Crippen molar-refractivity contribution < 1.29 is 4.74 Å². The molecule has 3 nitrogen and oxygen atoms in total. The third-order valence-electron chi connectivity index (χ3n) is 9.67. The standard InChI is InChI=1S/C34H20N2O/c35-17-27-28-19-9-1-3-11-21(19)29(22-12-4-2-10-20(22)28)32(27)34-31-25-15-7-5-13-23(25)30(33(34,18-36)37-34)24-14-6-8-16-26(24)31/h1-16,28-31H/t28?,29?,30?,31?,33-,34-/m1/s1. The van der Waals surface area contributed by atoms with Crippen molar-refractivity contribution in [1.82, 2.24) is 0 Å². The molecule has 11 rings (SSSR count). The molecule has 0 spiro atoms. The quantitative estimate of drug-likeness (QED) is 0.300. The van der Waals surface area contributed by atoms with Crippen LogP contribution in [0.1, 0.15) is 68.2 Å². The van der Waals surface area contributed by atoms with Gasteiger partial charge in [0.2, 0.25) is 0 Å². The molecular formula is C34H20N2O. The van der Waals surface area contributed by atoms with E-state index in [0.29, 0.717) is 0 Å². The summed E-state index contributed by atoms with van der Waals surface area (Å²) in [5.74, 6) is -0.575. The van der Waals surface area contributed by atoms with Crippen molar-refractivity contribution in [1.29, 1.82) is 10.5 Å². The summed E-state index contributed by atoms with van der Waals surface area (Å²) in [5, 5.41) is 21.7. The van der Waals surface area contributed by atoms with Crippen LogP contribution in [-0.2, 0) is 4.74 Å². The first-order valence-corrected chi connectivity index (χ1v) is 12.9. The Balaban J connectivity index is 1.41. The van der Waals surface area contributed by atoms with Crippen LogP contribution in [0.4, 0.5) is 0 Å². The Kier molecular flexibility index (Phi) is 3.34. The van der Waals surface area contributed by atoms with E-state index in [4.69, 9.17) is 4.74 Å². The van der Waals surface area contributed by atoms with Gasteiger partial charge >= 0.3 is 0 Å². The Morgan fingerprint density at radius 2 is 0.946 bits per heavy atom. The lowest BCUT2D eigenvalue weighted by Crippen LogP contribution is -2.50. The highest BCUT2D eigenvalue weighted by molar-refractivity contribution is 5.77. The van der Waals surface area contributed by atoms with Crippen LogP contribution in [0.25, 0.3) is 0 Å². The number of benzene rings is 4. The number of nitrogens with zero attached hydrogens (tertiary/aromatic N) is 2. The van der Waals surface area contributed by atoms with Crippen LogP contribution in [0.3, 0.4) is 0 Å². The zero-order valence-electron chi connectivity index (χ0n) is 19.8. The molecule has 2 atom stereocenters. The summed E-state index contributed by atoms with van der Waals surface area (Å²) in [5.41, 5.74) is 9.57. The zero-order chi connectivity index (χ0) is 24.5. The maximum absolute atomic E-state index is 10.9. The van der Waals surface area contributed by atoms with E-state index in [-0.39, 0.29) is 23.7 Å². The average Bonchev–Trinajstić information content (AvgIpc) is 3.68. The molecule has 4 bridgehead atoms. The Morgan fingerprint density at radius 1 is 0.541 bits per heavy atom. The van der Waals surface area contributed by atoms with E-state index >= 15 is 0 Å². The first-order chi connectivity index (χ1) is 18.3. The highest BCUT2D eigenvalue weighted by Gasteiger charge is 2.85. The Bertz CT molecular complexity index is 1740. The number of allylic oxidation sites excluding steroid dienone is 1. The van der Waals surface area contributed by atoms with Gasteiger partial charge in [0.25, 0.3) is 0 Å². The topological polar surface area (TPSA) is 60.1 Å². The predicted octanol–water partition coefficient (Wildman–Crippen LogP) is 6.42. The summed E-state index contributed by atoms with van der Waals surface area (Å²) in [4.78, 5) is 0. The number of nitriles is 2. The molecule has 0 aromatic heterocycles. The van der Waals surface area contributed by atoms with Gasteiger partial charge in [0.05, 0.1) is 12.0 Å². The summed E-state index contributed by atoms with van der Waals surface area (Å²) in [6.07, 6.45) is 0. The monoisotopic (exact) mass is 472 g/mol. The molecule has 0 radical (unpaired) electrons. The second kappa shape index (κ2) is 6.27. The molecule has 7 aliphatic rings. The molecule has 1 heterocycles. The second-order valence-corrected chi connectivity index (χ2v) is 10.9. The van der Waals surface area contributed by atoms with Crippen LogP contribution in [-0.4, -0.2) is 11.2 Å². The summed E-state index contributed by atoms with van der Waals surface area (Å²) >= 11 is 0. The van der Waals surface area contributed by atoms with E-state index in [0.717, 1.165) is 11.1 Å². The minimum absolute atomic E-state index is 0.110. The molecular weight excluding hydrogens is 452 g/mol. The fraction of sp³-hybridized carbons (Fsp3) is 0.176. The summed E-state index contributed by atoms with van der Waals surface area (Å²) in [7, 11) is 0. The molecule has 0 amide bonds. The van der Waals surface area contributed by atoms with Gasteiger partial charge in [-0.15, -0.1) is 0 Å². The van der Waals surface area contributed by atoms with Crippen molar-refractivity contribution in [3.8, 4) is 12.1 Å².